The van der Waals surface area contributed by atoms with Crippen molar-refractivity contribution in [3.05, 3.63) is 131 Å². The Bertz CT molecular complexity index is 1650. The lowest BCUT2D eigenvalue weighted by Gasteiger charge is -2.09. The van der Waals surface area contributed by atoms with Crippen LogP contribution in [0.5, 0.6) is 5.75 Å². The molecular weight excluding hydrogens is 512 g/mol. The Balaban J connectivity index is 1.46. The SMILES string of the molecule is N#CC(=Cc1cn(-c2ccccc2)nc1-c1cccc(OCc2ccccc2Cl)c1)C(=O)NCc1ccco1. The molecule has 0 aliphatic heterocycles. The lowest BCUT2D eigenvalue weighted by molar-refractivity contribution is -0.117. The van der Waals surface area contributed by atoms with Gasteiger partial charge < -0.3 is 14.5 Å². The van der Waals surface area contributed by atoms with E-state index in [1.165, 1.54) is 12.3 Å². The summed E-state index contributed by atoms with van der Waals surface area (Å²) in [6, 6.07) is 30.1. The second kappa shape index (κ2) is 12.0. The number of hydrogen-bond donors (Lipinski definition) is 1. The number of carbonyl (C=O) groups is 1. The van der Waals surface area contributed by atoms with E-state index in [9.17, 15) is 10.1 Å². The van der Waals surface area contributed by atoms with Crippen LogP contribution in [0.2, 0.25) is 5.02 Å². The number of carbonyl (C=O) groups excluding carboxylic acids is 1. The quantitative estimate of drug-likeness (QED) is 0.170. The average Bonchev–Trinajstić information content (AvgIpc) is 3.65. The van der Waals surface area contributed by atoms with E-state index >= 15 is 0 Å². The van der Waals surface area contributed by atoms with Crippen molar-refractivity contribution >= 4 is 23.6 Å². The van der Waals surface area contributed by atoms with Crippen LogP contribution < -0.4 is 10.1 Å². The van der Waals surface area contributed by atoms with E-state index in [1.54, 1.807) is 23.0 Å². The maximum atomic E-state index is 12.8. The summed E-state index contributed by atoms with van der Waals surface area (Å²) in [4.78, 5) is 12.8. The average molecular weight is 535 g/mol. The number of aromatic nitrogens is 2. The summed E-state index contributed by atoms with van der Waals surface area (Å²) in [5, 5.41) is 17.9. The zero-order valence-corrected chi connectivity index (χ0v) is 21.5. The van der Waals surface area contributed by atoms with Crippen LogP contribution in [0.1, 0.15) is 16.9 Å². The molecule has 8 heteroatoms. The summed E-state index contributed by atoms with van der Waals surface area (Å²) < 4.78 is 13.0. The van der Waals surface area contributed by atoms with Crippen LogP contribution in [0.4, 0.5) is 0 Å². The van der Waals surface area contributed by atoms with Crippen LogP contribution in [-0.4, -0.2) is 15.7 Å². The number of nitrogens with zero attached hydrogens (tertiary/aromatic N) is 3. The van der Waals surface area contributed by atoms with Crippen LogP contribution in [-0.2, 0) is 17.9 Å². The van der Waals surface area contributed by atoms with Crippen LogP contribution >= 0.6 is 11.6 Å². The lowest BCUT2D eigenvalue weighted by atomic mass is 10.1. The van der Waals surface area contributed by atoms with Gasteiger partial charge in [0.15, 0.2) is 0 Å². The van der Waals surface area contributed by atoms with Crippen molar-refractivity contribution < 1.29 is 13.9 Å². The number of ether oxygens (including phenoxy) is 1. The molecule has 0 saturated carbocycles. The van der Waals surface area contributed by atoms with E-state index in [1.807, 2.05) is 84.9 Å². The Morgan fingerprint density at radius 3 is 2.64 bits per heavy atom. The highest BCUT2D eigenvalue weighted by molar-refractivity contribution is 6.31. The summed E-state index contributed by atoms with van der Waals surface area (Å²) in [6.45, 7) is 0.481. The number of halogens is 1. The van der Waals surface area contributed by atoms with Gasteiger partial charge >= 0.3 is 0 Å². The van der Waals surface area contributed by atoms with E-state index in [4.69, 9.17) is 25.9 Å². The second-order valence-electron chi connectivity index (χ2n) is 8.55. The summed E-state index contributed by atoms with van der Waals surface area (Å²) in [5.41, 5.74) is 3.62. The standard InChI is InChI=1S/C31H23ClN4O3/c32-29-14-5-4-8-23(29)21-39-27-12-6-9-22(17-27)30-25(20-36(35-30)26-10-2-1-3-11-26)16-24(18-33)31(37)34-19-28-13-7-15-38-28/h1-17,20H,19,21H2,(H,34,37). The van der Waals surface area contributed by atoms with E-state index in [0.717, 1.165) is 16.8 Å². The molecular formula is C31H23ClN4O3. The molecule has 7 nitrogen and oxygen atoms in total. The maximum Gasteiger partial charge on any atom is 0.262 e. The predicted octanol–water partition coefficient (Wildman–Crippen LogP) is 6.59. The Labute approximate surface area is 230 Å². The van der Waals surface area contributed by atoms with Crippen molar-refractivity contribution in [1.82, 2.24) is 15.1 Å². The van der Waals surface area contributed by atoms with Gasteiger partial charge in [-0.15, -0.1) is 0 Å². The molecule has 192 valence electrons. The Morgan fingerprint density at radius 2 is 1.87 bits per heavy atom. The second-order valence-corrected chi connectivity index (χ2v) is 8.96. The molecule has 0 fully saturated rings. The molecule has 5 rings (SSSR count). The number of rotatable bonds is 9. The van der Waals surface area contributed by atoms with Crippen LogP contribution in [0.25, 0.3) is 23.0 Å². The summed E-state index contributed by atoms with van der Waals surface area (Å²) in [7, 11) is 0. The molecule has 1 N–H and O–H groups in total. The van der Waals surface area contributed by atoms with Gasteiger partial charge in [0.25, 0.3) is 5.91 Å². The third kappa shape index (κ3) is 6.27. The first-order valence-corrected chi connectivity index (χ1v) is 12.5. The first-order chi connectivity index (χ1) is 19.1. The third-order valence-electron chi connectivity index (χ3n) is 5.89. The molecule has 3 aromatic carbocycles. The van der Waals surface area contributed by atoms with E-state index in [2.05, 4.69) is 5.32 Å². The normalized spacial score (nSPS) is 11.1. The number of hydrogen-bond acceptors (Lipinski definition) is 5. The molecule has 0 spiro atoms. The molecule has 0 unspecified atom stereocenters. The minimum Gasteiger partial charge on any atom is -0.489 e. The number of benzene rings is 3. The summed E-state index contributed by atoms with van der Waals surface area (Å²) in [5.74, 6) is 0.712. The number of amides is 1. The zero-order valence-electron chi connectivity index (χ0n) is 20.8. The maximum absolute atomic E-state index is 12.8. The fraction of sp³-hybridized carbons (Fsp3) is 0.0645. The fourth-order valence-electron chi connectivity index (χ4n) is 3.92. The summed E-state index contributed by atoms with van der Waals surface area (Å²) >= 11 is 6.28. The first kappa shape index (κ1) is 25.6. The highest BCUT2D eigenvalue weighted by Gasteiger charge is 2.16. The van der Waals surface area contributed by atoms with Gasteiger partial charge in [-0.3, -0.25) is 4.79 Å². The van der Waals surface area contributed by atoms with Gasteiger partial charge in [0.1, 0.15) is 35.5 Å². The van der Waals surface area contributed by atoms with Crippen molar-refractivity contribution in [3.63, 3.8) is 0 Å². The smallest absolute Gasteiger partial charge is 0.262 e. The van der Waals surface area contributed by atoms with Crippen molar-refractivity contribution in [1.29, 1.82) is 5.26 Å². The minimum absolute atomic E-state index is 0.0541. The van der Waals surface area contributed by atoms with E-state index in [0.29, 0.717) is 34.4 Å². The number of para-hydroxylation sites is 1. The van der Waals surface area contributed by atoms with Crippen molar-refractivity contribution in [3.8, 4) is 28.8 Å². The Hall–Kier alpha value is -5.06. The Kier molecular flexibility index (Phi) is 7.87. The molecule has 2 heterocycles. The minimum atomic E-state index is -0.510. The number of nitriles is 1. The van der Waals surface area contributed by atoms with Crippen molar-refractivity contribution in [2.75, 3.05) is 0 Å². The Morgan fingerprint density at radius 1 is 1.05 bits per heavy atom. The third-order valence-corrected chi connectivity index (χ3v) is 6.26. The van der Waals surface area contributed by atoms with Crippen LogP contribution in [0, 0.1) is 11.3 Å². The van der Waals surface area contributed by atoms with Gasteiger partial charge in [-0.25, -0.2) is 4.68 Å². The van der Waals surface area contributed by atoms with Gasteiger partial charge in [-0.1, -0.05) is 60.1 Å². The first-order valence-electron chi connectivity index (χ1n) is 12.1. The van der Waals surface area contributed by atoms with Crippen molar-refractivity contribution in [2.24, 2.45) is 0 Å². The molecule has 1 amide bonds. The zero-order chi connectivity index (χ0) is 27.0. The van der Waals surface area contributed by atoms with Gasteiger partial charge in [-0.2, -0.15) is 10.4 Å². The molecule has 5 aromatic rings. The highest BCUT2D eigenvalue weighted by atomic mass is 35.5. The van der Waals surface area contributed by atoms with Gasteiger partial charge in [-0.05, 0) is 48.5 Å². The monoisotopic (exact) mass is 534 g/mol. The van der Waals surface area contributed by atoms with Gasteiger partial charge in [0, 0.05) is 27.9 Å². The largest absolute Gasteiger partial charge is 0.489 e. The molecule has 0 radical (unpaired) electrons. The highest BCUT2D eigenvalue weighted by Crippen LogP contribution is 2.29. The molecule has 0 bridgehead atoms. The molecule has 2 aromatic heterocycles. The molecule has 0 aliphatic carbocycles. The van der Waals surface area contributed by atoms with Crippen LogP contribution in [0.3, 0.4) is 0 Å². The van der Waals surface area contributed by atoms with E-state index in [-0.39, 0.29) is 12.1 Å². The predicted molar refractivity (Wildman–Crippen MR) is 149 cm³/mol. The fourth-order valence-corrected chi connectivity index (χ4v) is 4.11. The molecule has 0 atom stereocenters. The molecule has 0 saturated heterocycles. The van der Waals surface area contributed by atoms with E-state index < -0.39 is 5.91 Å². The molecule has 39 heavy (non-hydrogen) atoms. The van der Waals surface area contributed by atoms with Crippen molar-refractivity contribution in [2.45, 2.75) is 13.2 Å². The molecule has 0 aliphatic rings. The van der Waals surface area contributed by atoms with Crippen LogP contribution in [0.15, 0.2) is 113 Å². The number of nitrogens with one attached hydrogen (secondary N) is 1. The lowest BCUT2D eigenvalue weighted by Crippen LogP contribution is -2.23. The topological polar surface area (TPSA) is 93.1 Å². The number of furan rings is 1. The summed E-state index contributed by atoms with van der Waals surface area (Å²) in [6.07, 6.45) is 4.86. The van der Waals surface area contributed by atoms with Gasteiger partial charge in [0.2, 0.25) is 0 Å². The van der Waals surface area contributed by atoms with Gasteiger partial charge in [0.05, 0.1) is 18.5 Å².